The van der Waals surface area contributed by atoms with E-state index in [4.69, 9.17) is 0 Å². The van der Waals surface area contributed by atoms with Gasteiger partial charge in [0.05, 0.1) is 29.3 Å². The van der Waals surface area contributed by atoms with E-state index in [9.17, 15) is 19.1 Å². The number of hydrogen-bond donors (Lipinski definition) is 3. The number of thioether (sulfide) groups is 1. The van der Waals surface area contributed by atoms with Crippen molar-refractivity contribution in [2.45, 2.75) is 42.5 Å². The van der Waals surface area contributed by atoms with Gasteiger partial charge in [0.1, 0.15) is 23.1 Å². The van der Waals surface area contributed by atoms with Gasteiger partial charge in [-0.05, 0) is 49.5 Å². The Bertz CT molecular complexity index is 1390. The molecule has 9 nitrogen and oxygen atoms in total. The molecule has 1 amide bonds. The zero-order valence-electron chi connectivity index (χ0n) is 19.0. The molecule has 1 atom stereocenters. The van der Waals surface area contributed by atoms with Crippen LogP contribution in [0.1, 0.15) is 24.2 Å². The van der Waals surface area contributed by atoms with E-state index in [0.29, 0.717) is 29.5 Å². The van der Waals surface area contributed by atoms with Crippen molar-refractivity contribution >= 4 is 34.4 Å². The molecule has 11 heteroatoms. The molecule has 1 aromatic carbocycles. The lowest BCUT2D eigenvalue weighted by Crippen LogP contribution is -2.48. The van der Waals surface area contributed by atoms with Gasteiger partial charge in [0.15, 0.2) is 0 Å². The number of pyridine rings is 1. The molecule has 5 heterocycles. The Balaban J connectivity index is 1.09. The minimum absolute atomic E-state index is 0.0551. The van der Waals surface area contributed by atoms with Crippen molar-refractivity contribution in [3.8, 4) is 0 Å². The number of fused-ring (bicyclic) bond motifs is 1. The third-order valence-corrected chi connectivity index (χ3v) is 8.04. The molecule has 0 spiro atoms. The van der Waals surface area contributed by atoms with Crippen LogP contribution in [0, 0.1) is 5.82 Å². The second kappa shape index (κ2) is 8.66. The monoisotopic (exact) mass is 496 g/mol. The Morgan fingerprint density at radius 2 is 2.03 bits per heavy atom. The summed E-state index contributed by atoms with van der Waals surface area (Å²) in [6.45, 7) is 2.29. The molecule has 0 bridgehead atoms. The quantitative estimate of drug-likeness (QED) is 0.487. The highest BCUT2D eigenvalue weighted by Crippen LogP contribution is 2.38. The Hall–Kier alpha value is -2.86. The third-order valence-electron chi connectivity index (χ3n) is 7.03. The largest absolute Gasteiger partial charge is 0.382 e. The molecule has 182 valence electrons. The number of benzene rings is 1. The summed E-state index contributed by atoms with van der Waals surface area (Å²) < 4.78 is 16.3. The van der Waals surface area contributed by atoms with Crippen LogP contribution in [0.15, 0.2) is 40.2 Å². The molecular weight excluding hydrogens is 471 g/mol. The number of piperidine rings is 1. The van der Waals surface area contributed by atoms with Gasteiger partial charge in [-0.1, -0.05) is 0 Å². The van der Waals surface area contributed by atoms with E-state index in [1.165, 1.54) is 28.5 Å². The van der Waals surface area contributed by atoms with Crippen molar-refractivity contribution < 1.29 is 14.3 Å². The number of nitrogens with one attached hydrogen (secondary N) is 2. The summed E-state index contributed by atoms with van der Waals surface area (Å²) in [6.07, 6.45) is 3.46. The van der Waals surface area contributed by atoms with Crippen molar-refractivity contribution in [1.29, 1.82) is 0 Å². The summed E-state index contributed by atoms with van der Waals surface area (Å²) >= 11 is 1.43. The van der Waals surface area contributed by atoms with Crippen LogP contribution in [0.2, 0.25) is 0 Å². The van der Waals surface area contributed by atoms with E-state index < -0.39 is 11.4 Å². The van der Waals surface area contributed by atoms with Crippen molar-refractivity contribution in [2.24, 2.45) is 0 Å². The number of aliphatic hydroxyl groups is 1. The number of halogens is 1. The van der Waals surface area contributed by atoms with Crippen LogP contribution in [0.4, 0.5) is 10.2 Å². The number of anilines is 1. The van der Waals surface area contributed by atoms with Crippen LogP contribution in [-0.4, -0.2) is 61.9 Å². The van der Waals surface area contributed by atoms with E-state index in [-0.39, 0.29) is 36.2 Å². The predicted molar refractivity (Wildman–Crippen MR) is 130 cm³/mol. The van der Waals surface area contributed by atoms with Crippen LogP contribution in [0.3, 0.4) is 0 Å². The Morgan fingerprint density at radius 1 is 1.23 bits per heavy atom. The number of β-amino-alcohol motifs (C(OH)–C–C–N with tert-alkyl or cyclic N) is 1. The van der Waals surface area contributed by atoms with Crippen LogP contribution < -0.4 is 16.2 Å². The van der Waals surface area contributed by atoms with Crippen molar-refractivity contribution in [2.75, 3.05) is 30.7 Å². The average Bonchev–Trinajstić information content (AvgIpc) is 3.17. The first kappa shape index (κ1) is 22.6. The van der Waals surface area contributed by atoms with Crippen molar-refractivity contribution in [3.05, 3.63) is 58.0 Å². The molecule has 3 N–H and O–H groups in total. The minimum Gasteiger partial charge on any atom is -0.382 e. The summed E-state index contributed by atoms with van der Waals surface area (Å²) in [6, 6.07) is 6.41. The highest BCUT2D eigenvalue weighted by Gasteiger charge is 2.42. The smallest absolute Gasteiger partial charge is 0.251 e. The molecule has 3 aromatic rings. The lowest BCUT2D eigenvalue weighted by atomic mass is 9.92. The fourth-order valence-electron chi connectivity index (χ4n) is 5.34. The zero-order chi connectivity index (χ0) is 24.2. The molecule has 0 saturated carbocycles. The maximum atomic E-state index is 14.8. The van der Waals surface area contributed by atoms with Gasteiger partial charge in [-0.2, -0.15) is 0 Å². The SMILES string of the molecule is O=C1CSc2cnc(CNC3CCN(C[C@]4(O)Cn5c(=O)ccc6ccc(F)c4c65)CC3)nc2N1. The summed E-state index contributed by atoms with van der Waals surface area (Å²) in [5, 5.41) is 18.5. The first-order valence-electron chi connectivity index (χ1n) is 11.7. The molecule has 0 aliphatic carbocycles. The highest BCUT2D eigenvalue weighted by molar-refractivity contribution is 8.00. The van der Waals surface area contributed by atoms with Crippen molar-refractivity contribution in [1.82, 2.24) is 24.8 Å². The number of hydrogen-bond acceptors (Lipinski definition) is 8. The van der Waals surface area contributed by atoms with E-state index >= 15 is 0 Å². The number of amides is 1. The van der Waals surface area contributed by atoms with Gasteiger partial charge < -0.3 is 20.3 Å². The molecule has 0 unspecified atom stereocenters. The minimum atomic E-state index is -1.45. The van der Waals surface area contributed by atoms with Gasteiger partial charge in [-0.25, -0.2) is 14.4 Å². The first-order valence-corrected chi connectivity index (χ1v) is 12.7. The second-order valence-electron chi connectivity index (χ2n) is 9.42. The molecule has 35 heavy (non-hydrogen) atoms. The third kappa shape index (κ3) is 4.12. The summed E-state index contributed by atoms with van der Waals surface area (Å²) in [4.78, 5) is 35.9. The second-order valence-corrected chi connectivity index (χ2v) is 10.4. The van der Waals surface area contributed by atoms with Crippen LogP contribution >= 0.6 is 11.8 Å². The number of nitrogens with zero attached hydrogens (tertiary/aromatic N) is 4. The predicted octanol–water partition coefficient (Wildman–Crippen LogP) is 1.43. The normalized spacial score (nSPS) is 22.4. The molecule has 3 aliphatic rings. The van der Waals surface area contributed by atoms with Gasteiger partial charge in [0.2, 0.25) is 5.91 Å². The van der Waals surface area contributed by atoms with Crippen LogP contribution in [0.5, 0.6) is 0 Å². The number of rotatable bonds is 5. The number of carbonyl (C=O) groups is 1. The van der Waals surface area contributed by atoms with Crippen molar-refractivity contribution in [3.63, 3.8) is 0 Å². The number of likely N-dealkylation sites (tertiary alicyclic amines) is 1. The summed E-state index contributed by atoms with van der Waals surface area (Å²) in [5.41, 5.74) is -0.957. The van der Waals surface area contributed by atoms with Gasteiger partial charge in [0, 0.05) is 30.4 Å². The van der Waals surface area contributed by atoms with Gasteiger partial charge in [-0.3, -0.25) is 14.5 Å². The lowest BCUT2D eigenvalue weighted by Gasteiger charge is -2.37. The average molecular weight is 497 g/mol. The van der Waals surface area contributed by atoms with Crippen LogP contribution in [0.25, 0.3) is 10.9 Å². The maximum Gasteiger partial charge on any atom is 0.251 e. The van der Waals surface area contributed by atoms with Gasteiger partial charge >= 0.3 is 0 Å². The van der Waals surface area contributed by atoms with Gasteiger partial charge in [0.25, 0.3) is 5.56 Å². The Morgan fingerprint density at radius 3 is 2.86 bits per heavy atom. The fraction of sp³-hybridized carbons (Fsp3) is 0.417. The topological polar surface area (TPSA) is 112 Å². The molecule has 1 saturated heterocycles. The molecule has 1 fully saturated rings. The zero-order valence-corrected chi connectivity index (χ0v) is 19.8. The Labute approximate surface area is 204 Å². The standard InChI is InChI=1S/C24H25FN6O3S/c25-16-3-1-14-2-4-20(33)31-13-24(34,21(16)22(14)31)12-30-7-5-15(6-8-30)26-10-18-27-9-17-23(28-18)29-19(32)11-35-17/h1-4,9,15,26,34H,5-8,10-13H2,(H,27,28,29,32)/t24-/m0/s1. The lowest BCUT2D eigenvalue weighted by molar-refractivity contribution is -0.113. The molecule has 2 aromatic heterocycles. The first-order chi connectivity index (χ1) is 16.9. The van der Waals surface area contributed by atoms with E-state index in [1.807, 2.05) is 0 Å². The van der Waals surface area contributed by atoms with E-state index in [1.54, 1.807) is 18.3 Å². The van der Waals surface area contributed by atoms with Crippen LogP contribution in [-0.2, 0) is 23.5 Å². The van der Waals surface area contributed by atoms with Gasteiger partial charge in [-0.15, -0.1) is 11.8 Å². The number of aromatic nitrogens is 3. The molecule has 0 radical (unpaired) electrons. The molecule has 6 rings (SSSR count). The molecule has 3 aliphatic heterocycles. The fourth-order valence-corrected chi connectivity index (χ4v) is 6.06. The highest BCUT2D eigenvalue weighted by atomic mass is 32.2. The summed E-state index contributed by atoms with van der Waals surface area (Å²) in [5.74, 6) is 1.04. The number of carbonyl (C=O) groups excluding carboxylic acids is 1. The maximum absolute atomic E-state index is 14.8. The molecular formula is C24H25FN6O3S. The van der Waals surface area contributed by atoms with E-state index in [0.717, 1.165) is 36.2 Å². The van der Waals surface area contributed by atoms with E-state index in [2.05, 4.69) is 25.5 Å². The Kier molecular flexibility index (Phi) is 5.59. The summed E-state index contributed by atoms with van der Waals surface area (Å²) in [7, 11) is 0.